The third kappa shape index (κ3) is 2.23. The van der Waals surface area contributed by atoms with Crippen molar-refractivity contribution in [3.05, 3.63) is 12.7 Å². The highest BCUT2D eigenvalue weighted by Gasteiger charge is 2.25. The number of nitrogens with zero attached hydrogens (tertiary/aromatic N) is 4. The zero-order valence-electron chi connectivity index (χ0n) is 9.83. The standard InChI is InChI=1S/C11H18N4O/c1-9(2)11(16)14-5-3-4-10(6-14)15-7-12-13-8-15/h7-10H,3-6H2,1-2H3/t10-/m1/s1. The number of carbonyl (C=O) groups is 1. The summed E-state index contributed by atoms with van der Waals surface area (Å²) in [5, 5.41) is 7.62. The Bertz CT molecular complexity index is 347. The summed E-state index contributed by atoms with van der Waals surface area (Å²) in [5.74, 6) is 0.331. The minimum absolute atomic E-state index is 0.0830. The molecule has 1 aliphatic rings. The van der Waals surface area contributed by atoms with E-state index in [4.69, 9.17) is 0 Å². The van der Waals surface area contributed by atoms with Crippen molar-refractivity contribution in [3.8, 4) is 0 Å². The lowest BCUT2D eigenvalue weighted by Gasteiger charge is -2.34. The van der Waals surface area contributed by atoms with Gasteiger partial charge in [0.1, 0.15) is 12.7 Å². The van der Waals surface area contributed by atoms with E-state index in [1.807, 2.05) is 23.3 Å². The van der Waals surface area contributed by atoms with E-state index in [0.717, 1.165) is 25.9 Å². The topological polar surface area (TPSA) is 51.0 Å². The van der Waals surface area contributed by atoms with Crippen molar-refractivity contribution in [1.82, 2.24) is 19.7 Å². The van der Waals surface area contributed by atoms with Gasteiger partial charge >= 0.3 is 0 Å². The molecule has 0 spiro atoms. The number of carbonyl (C=O) groups excluding carboxylic acids is 1. The van der Waals surface area contributed by atoms with Crippen LogP contribution in [0.5, 0.6) is 0 Å². The Morgan fingerprint density at radius 2 is 2.06 bits per heavy atom. The molecule has 1 amide bonds. The first kappa shape index (κ1) is 11.1. The van der Waals surface area contributed by atoms with E-state index in [2.05, 4.69) is 10.2 Å². The summed E-state index contributed by atoms with van der Waals surface area (Å²) >= 11 is 0. The molecule has 2 heterocycles. The summed E-state index contributed by atoms with van der Waals surface area (Å²) in [6.45, 7) is 5.57. The van der Waals surface area contributed by atoms with Gasteiger partial charge in [-0.25, -0.2) is 0 Å². The van der Waals surface area contributed by atoms with Crippen LogP contribution in [0, 0.1) is 5.92 Å². The molecular formula is C11H18N4O. The van der Waals surface area contributed by atoms with Crippen molar-refractivity contribution in [2.75, 3.05) is 13.1 Å². The highest BCUT2D eigenvalue weighted by atomic mass is 16.2. The number of amides is 1. The predicted octanol–water partition coefficient (Wildman–Crippen LogP) is 1.10. The molecule has 5 heteroatoms. The zero-order chi connectivity index (χ0) is 11.5. The first-order valence-corrected chi connectivity index (χ1v) is 5.81. The van der Waals surface area contributed by atoms with Gasteiger partial charge in [-0.1, -0.05) is 13.8 Å². The summed E-state index contributed by atoms with van der Waals surface area (Å²) in [6, 6.07) is 0.339. The monoisotopic (exact) mass is 222 g/mol. The number of aromatic nitrogens is 3. The van der Waals surface area contributed by atoms with E-state index in [1.165, 1.54) is 0 Å². The lowest BCUT2D eigenvalue weighted by Crippen LogP contribution is -2.42. The molecule has 1 fully saturated rings. The first-order chi connectivity index (χ1) is 7.68. The molecule has 0 bridgehead atoms. The van der Waals surface area contributed by atoms with Crippen molar-refractivity contribution in [1.29, 1.82) is 0 Å². The molecule has 5 nitrogen and oxygen atoms in total. The summed E-state index contributed by atoms with van der Waals surface area (Å²) in [6.07, 6.45) is 5.61. The fourth-order valence-electron chi connectivity index (χ4n) is 2.16. The molecule has 88 valence electrons. The molecule has 0 saturated carbocycles. The molecule has 0 radical (unpaired) electrons. The van der Waals surface area contributed by atoms with Crippen LogP contribution in [-0.2, 0) is 4.79 Å². The van der Waals surface area contributed by atoms with E-state index in [-0.39, 0.29) is 11.8 Å². The minimum atomic E-state index is 0.0830. The quantitative estimate of drug-likeness (QED) is 0.753. The van der Waals surface area contributed by atoms with Crippen LogP contribution in [0.4, 0.5) is 0 Å². The second-order valence-electron chi connectivity index (χ2n) is 4.64. The Hall–Kier alpha value is -1.39. The maximum Gasteiger partial charge on any atom is 0.225 e. The van der Waals surface area contributed by atoms with Gasteiger partial charge in [-0.2, -0.15) is 0 Å². The van der Waals surface area contributed by atoms with Gasteiger partial charge in [0, 0.05) is 19.0 Å². The van der Waals surface area contributed by atoms with Crippen molar-refractivity contribution in [3.63, 3.8) is 0 Å². The highest BCUT2D eigenvalue weighted by molar-refractivity contribution is 5.78. The highest BCUT2D eigenvalue weighted by Crippen LogP contribution is 2.21. The van der Waals surface area contributed by atoms with Gasteiger partial charge in [0.25, 0.3) is 0 Å². The predicted molar refractivity (Wildman–Crippen MR) is 59.7 cm³/mol. The van der Waals surface area contributed by atoms with E-state index in [1.54, 1.807) is 12.7 Å². The molecule has 1 aliphatic heterocycles. The molecule has 1 atom stereocenters. The third-order valence-corrected chi connectivity index (χ3v) is 3.06. The molecule has 0 N–H and O–H groups in total. The summed E-state index contributed by atoms with van der Waals surface area (Å²) < 4.78 is 2.00. The number of hydrogen-bond donors (Lipinski definition) is 0. The normalized spacial score (nSPS) is 21.4. The van der Waals surface area contributed by atoms with Crippen LogP contribution in [0.1, 0.15) is 32.7 Å². The van der Waals surface area contributed by atoms with Crippen LogP contribution in [0.15, 0.2) is 12.7 Å². The van der Waals surface area contributed by atoms with Gasteiger partial charge in [0.05, 0.1) is 6.04 Å². The largest absolute Gasteiger partial charge is 0.340 e. The van der Waals surface area contributed by atoms with Gasteiger partial charge in [-0.05, 0) is 12.8 Å². The van der Waals surface area contributed by atoms with Gasteiger partial charge in [0.2, 0.25) is 5.91 Å². The lowest BCUT2D eigenvalue weighted by atomic mass is 10.0. The fourth-order valence-corrected chi connectivity index (χ4v) is 2.16. The molecular weight excluding hydrogens is 204 g/mol. The number of hydrogen-bond acceptors (Lipinski definition) is 3. The summed E-state index contributed by atoms with van der Waals surface area (Å²) in [5.41, 5.74) is 0. The number of rotatable bonds is 2. The molecule has 1 saturated heterocycles. The van der Waals surface area contributed by atoms with Gasteiger partial charge in [-0.15, -0.1) is 10.2 Å². The average molecular weight is 222 g/mol. The van der Waals surface area contributed by atoms with Crippen LogP contribution in [0.3, 0.4) is 0 Å². The van der Waals surface area contributed by atoms with Gasteiger partial charge in [0.15, 0.2) is 0 Å². The van der Waals surface area contributed by atoms with Crippen LogP contribution < -0.4 is 0 Å². The van der Waals surface area contributed by atoms with Gasteiger partial charge < -0.3 is 9.47 Å². The fraction of sp³-hybridized carbons (Fsp3) is 0.727. The van der Waals surface area contributed by atoms with Crippen LogP contribution in [-0.4, -0.2) is 38.7 Å². The van der Waals surface area contributed by atoms with Crippen LogP contribution in [0.25, 0.3) is 0 Å². The smallest absolute Gasteiger partial charge is 0.225 e. The number of likely N-dealkylation sites (tertiary alicyclic amines) is 1. The summed E-state index contributed by atoms with van der Waals surface area (Å²) in [7, 11) is 0. The SMILES string of the molecule is CC(C)C(=O)N1CCC[C@@H](n2cnnc2)C1. The van der Waals surface area contributed by atoms with E-state index in [9.17, 15) is 4.79 Å². The average Bonchev–Trinajstić information content (AvgIpc) is 2.81. The molecule has 1 aromatic heterocycles. The molecule has 0 aliphatic carbocycles. The Morgan fingerprint density at radius 1 is 1.38 bits per heavy atom. The van der Waals surface area contributed by atoms with Crippen molar-refractivity contribution >= 4 is 5.91 Å². The zero-order valence-corrected chi connectivity index (χ0v) is 9.83. The lowest BCUT2D eigenvalue weighted by molar-refractivity contribution is -0.136. The van der Waals surface area contributed by atoms with Crippen molar-refractivity contribution in [2.45, 2.75) is 32.7 Å². The Balaban J connectivity index is 2.02. The molecule has 2 rings (SSSR count). The molecule has 1 aromatic rings. The van der Waals surface area contributed by atoms with E-state index >= 15 is 0 Å². The third-order valence-electron chi connectivity index (χ3n) is 3.06. The van der Waals surface area contributed by atoms with Crippen LogP contribution >= 0.6 is 0 Å². The second kappa shape index (κ2) is 4.63. The van der Waals surface area contributed by atoms with E-state index < -0.39 is 0 Å². The van der Waals surface area contributed by atoms with Crippen molar-refractivity contribution < 1.29 is 4.79 Å². The maximum atomic E-state index is 11.9. The van der Waals surface area contributed by atoms with Crippen molar-refractivity contribution in [2.24, 2.45) is 5.92 Å². The molecule has 16 heavy (non-hydrogen) atoms. The first-order valence-electron chi connectivity index (χ1n) is 5.81. The minimum Gasteiger partial charge on any atom is -0.340 e. The number of piperidine rings is 1. The Kier molecular flexibility index (Phi) is 3.22. The summed E-state index contributed by atoms with van der Waals surface area (Å²) in [4.78, 5) is 13.9. The second-order valence-corrected chi connectivity index (χ2v) is 4.64. The molecule has 0 unspecified atom stereocenters. The Morgan fingerprint density at radius 3 is 2.69 bits per heavy atom. The van der Waals surface area contributed by atoms with Gasteiger partial charge in [-0.3, -0.25) is 4.79 Å². The Labute approximate surface area is 95.5 Å². The molecule has 0 aromatic carbocycles. The van der Waals surface area contributed by atoms with Crippen LogP contribution in [0.2, 0.25) is 0 Å². The maximum absolute atomic E-state index is 11.9. The van der Waals surface area contributed by atoms with E-state index in [0.29, 0.717) is 6.04 Å².